The van der Waals surface area contributed by atoms with E-state index in [0.29, 0.717) is 18.6 Å². The van der Waals surface area contributed by atoms with Gasteiger partial charge in [-0.15, -0.1) is 0 Å². The molecular weight excluding hydrogens is 242 g/mol. The lowest BCUT2D eigenvalue weighted by molar-refractivity contribution is -0.145. The summed E-state index contributed by atoms with van der Waals surface area (Å²) in [5.74, 6) is -0.777. The van der Waals surface area contributed by atoms with Crippen molar-refractivity contribution in [3.8, 4) is 0 Å². The Labute approximate surface area is 117 Å². The highest BCUT2D eigenvalue weighted by atomic mass is 16.4. The van der Waals surface area contributed by atoms with E-state index in [0.717, 1.165) is 13.1 Å². The molecule has 3 unspecified atom stereocenters. The van der Waals surface area contributed by atoms with Crippen LogP contribution < -0.4 is 5.32 Å². The van der Waals surface area contributed by atoms with Crippen molar-refractivity contribution in [1.82, 2.24) is 15.1 Å². The molecule has 0 saturated carbocycles. The first kappa shape index (κ1) is 16.4. The van der Waals surface area contributed by atoms with Gasteiger partial charge in [0.2, 0.25) is 0 Å². The highest BCUT2D eigenvalue weighted by Gasteiger charge is 2.38. The predicted octanol–water partition coefficient (Wildman–Crippen LogP) is 0.852. The second-order valence-corrected chi connectivity index (χ2v) is 6.49. The molecule has 5 nitrogen and oxygen atoms in total. The Kier molecular flexibility index (Phi) is 5.35. The molecule has 1 fully saturated rings. The molecule has 112 valence electrons. The Morgan fingerprint density at radius 2 is 1.84 bits per heavy atom. The number of hydrogen-bond donors (Lipinski definition) is 2. The lowest BCUT2D eigenvalue weighted by Crippen LogP contribution is -2.63. The normalized spacial score (nSPS) is 29.4. The Bertz CT molecular complexity index is 310. The van der Waals surface area contributed by atoms with Gasteiger partial charge in [0.05, 0.1) is 0 Å². The number of carboxylic acid groups (broad SMARTS) is 1. The zero-order valence-corrected chi connectivity index (χ0v) is 13.1. The van der Waals surface area contributed by atoms with Crippen molar-refractivity contribution in [3.05, 3.63) is 0 Å². The largest absolute Gasteiger partial charge is 0.480 e. The molecule has 2 N–H and O–H groups in total. The second-order valence-electron chi connectivity index (χ2n) is 6.49. The van der Waals surface area contributed by atoms with Crippen molar-refractivity contribution in [3.63, 3.8) is 0 Å². The summed E-state index contributed by atoms with van der Waals surface area (Å²) in [6, 6.07) is 1.07. The number of piperazine rings is 1. The molecular formula is C14H29N3O2. The Morgan fingerprint density at radius 1 is 1.37 bits per heavy atom. The number of carboxylic acids is 1. The van der Waals surface area contributed by atoms with Crippen molar-refractivity contribution in [2.45, 2.75) is 58.3 Å². The van der Waals surface area contributed by atoms with Gasteiger partial charge in [0.15, 0.2) is 0 Å². The van der Waals surface area contributed by atoms with Crippen LogP contribution in [-0.4, -0.2) is 71.2 Å². The maximum atomic E-state index is 11.6. The zero-order valence-electron chi connectivity index (χ0n) is 13.1. The first-order valence-electron chi connectivity index (χ1n) is 7.11. The van der Waals surface area contributed by atoms with Crippen LogP contribution in [0.3, 0.4) is 0 Å². The molecule has 1 aliphatic heterocycles. The lowest BCUT2D eigenvalue weighted by atomic mass is 9.98. The molecule has 5 heteroatoms. The maximum Gasteiger partial charge on any atom is 0.324 e. The summed E-state index contributed by atoms with van der Waals surface area (Å²) >= 11 is 0. The Hall–Kier alpha value is -0.650. The van der Waals surface area contributed by atoms with Gasteiger partial charge >= 0.3 is 5.97 Å². The van der Waals surface area contributed by atoms with Gasteiger partial charge in [0, 0.05) is 37.8 Å². The van der Waals surface area contributed by atoms with E-state index in [1.54, 1.807) is 6.92 Å². The van der Waals surface area contributed by atoms with E-state index < -0.39 is 11.5 Å². The molecule has 0 spiro atoms. The van der Waals surface area contributed by atoms with E-state index in [1.807, 2.05) is 13.8 Å². The molecule has 0 aromatic heterocycles. The molecule has 0 aliphatic carbocycles. The number of nitrogens with one attached hydrogen (secondary N) is 1. The summed E-state index contributed by atoms with van der Waals surface area (Å²) in [4.78, 5) is 16.2. The number of rotatable bonds is 5. The molecule has 0 amide bonds. The van der Waals surface area contributed by atoms with E-state index in [4.69, 9.17) is 0 Å². The minimum atomic E-state index is -0.885. The number of carbonyl (C=O) groups is 1. The summed E-state index contributed by atoms with van der Waals surface area (Å²) < 4.78 is 0. The van der Waals surface area contributed by atoms with Gasteiger partial charge in [-0.1, -0.05) is 0 Å². The second kappa shape index (κ2) is 6.20. The van der Waals surface area contributed by atoms with E-state index in [2.05, 4.69) is 36.0 Å². The highest BCUT2D eigenvalue weighted by Crippen LogP contribution is 2.17. The third kappa shape index (κ3) is 4.16. The van der Waals surface area contributed by atoms with Gasteiger partial charge in [0.1, 0.15) is 5.54 Å². The summed E-state index contributed by atoms with van der Waals surface area (Å²) in [7, 11) is 2.13. The SMILES string of the molecule is CC(C)NC(C)(CN1CC(C)N(C)C(C)C1)C(=O)O. The summed E-state index contributed by atoms with van der Waals surface area (Å²) in [5, 5.41) is 12.7. The van der Waals surface area contributed by atoms with Gasteiger partial charge in [-0.2, -0.15) is 0 Å². The van der Waals surface area contributed by atoms with Crippen molar-refractivity contribution >= 4 is 5.97 Å². The fourth-order valence-electron chi connectivity index (χ4n) is 2.90. The molecule has 0 aromatic rings. The van der Waals surface area contributed by atoms with Gasteiger partial charge in [-0.05, 0) is 41.7 Å². The molecule has 0 aromatic carbocycles. The molecule has 0 radical (unpaired) electrons. The van der Waals surface area contributed by atoms with Crippen LogP contribution in [0, 0.1) is 0 Å². The molecule has 1 heterocycles. The first-order chi connectivity index (χ1) is 8.65. The fourth-order valence-corrected chi connectivity index (χ4v) is 2.90. The molecule has 1 saturated heterocycles. The van der Waals surface area contributed by atoms with Crippen LogP contribution in [0.15, 0.2) is 0 Å². The fraction of sp³-hybridized carbons (Fsp3) is 0.929. The van der Waals surface area contributed by atoms with Crippen LogP contribution in [0.5, 0.6) is 0 Å². The number of aliphatic carboxylic acids is 1. The van der Waals surface area contributed by atoms with E-state index in [1.165, 1.54) is 0 Å². The van der Waals surface area contributed by atoms with Crippen LogP contribution >= 0.6 is 0 Å². The third-order valence-corrected chi connectivity index (χ3v) is 4.05. The number of hydrogen-bond acceptors (Lipinski definition) is 4. The van der Waals surface area contributed by atoms with Crippen LogP contribution in [0.1, 0.15) is 34.6 Å². The smallest absolute Gasteiger partial charge is 0.324 e. The third-order valence-electron chi connectivity index (χ3n) is 4.05. The minimum Gasteiger partial charge on any atom is -0.480 e. The monoisotopic (exact) mass is 271 g/mol. The standard InChI is InChI=1S/C14H29N3O2/c1-10(2)15-14(5,13(18)19)9-17-7-11(3)16(6)12(4)8-17/h10-12,15H,7-9H2,1-6H3,(H,18,19). The van der Waals surface area contributed by atoms with Crippen molar-refractivity contribution in [1.29, 1.82) is 0 Å². The van der Waals surface area contributed by atoms with Crippen molar-refractivity contribution in [2.24, 2.45) is 0 Å². The Morgan fingerprint density at radius 3 is 2.21 bits per heavy atom. The quantitative estimate of drug-likeness (QED) is 0.776. The van der Waals surface area contributed by atoms with Crippen LogP contribution in [0.4, 0.5) is 0 Å². The van der Waals surface area contributed by atoms with Crippen molar-refractivity contribution in [2.75, 3.05) is 26.7 Å². The summed E-state index contributed by atoms with van der Waals surface area (Å²) in [6.07, 6.45) is 0. The predicted molar refractivity (Wildman–Crippen MR) is 77.4 cm³/mol. The average molecular weight is 271 g/mol. The van der Waals surface area contributed by atoms with E-state index in [9.17, 15) is 9.90 Å². The van der Waals surface area contributed by atoms with E-state index in [-0.39, 0.29) is 6.04 Å². The van der Waals surface area contributed by atoms with E-state index >= 15 is 0 Å². The molecule has 1 aliphatic rings. The number of likely N-dealkylation sites (N-methyl/N-ethyl adjacent to an activating group) is 1. The first-order valence-corrected chi connectivity index (χ1v) is 7.11. The van der Waals surface area contributed by atoms with Crippen molar-refractivity contribution < 1.29 is 9.90 Å². The Balaban J connectivity index is 2.72. The van der Waals surface area contributed by atoms with Crippen LogP contribution in [0.2, 0.25) is 0 Å². The van der Waals surface area contributed by atoms with Gasteiger partial charge < -0.3 is 5.11 Å². The average Bonchev–Trinajstić information content (AvgIpc) is 2.24. The summed E-state index contributed by atoms with van der Waals surface area (Å²) in [6.45, 7) is 12.5. The summed E-state index contributed by atoms with van der Waals surface area (Å²) in [5.41, 5.74) is -0.885. The van der Waals surface area contributed by atoms with Gasteiger partial charge in [0.25, 0.3) is 0 Å². The molecule has 19 heavy (non-hydrogen) atoms. The molecule has 3 atom stereocenters. The lowest BCUT2D eigenvalue weighted by Gasteiger charge is -2.45. The van der Waals surface area contributed by atoms with Crippen LogP contribution in [-0.2, 0) is 4.79 Å². The van der Waals surface area contributed by atoms with Gasteiger partial charge in [-0.25, -0.2) is 0 Å². The zero-order chi connectivity index (χ0) is 14.8. The minimum absolute atomic E-state index is 0.156. The molecule has 1 rings (SSSR count). The van der Waals surface area contributed by atoms with Crippen LogP contribution in [0.25, 0.3) is 0 Å². The molecule has 0 bridgehead atoms. The number of nitrogens with zero attached hydrogens (tertiary/aromatic N) is 2. The van der Waals surface area contributed by atoms with Gasteiger partial charge in [-0.3, -0.25) is 19.9 Å². The topological polar surface area (TPSA) is 55.8 Å². The highest BCUT2D eigenvalue weighted by molar-refractivity contribution is 5.78. The maximum absolute atomic E-state index is 11.6.